The van der Waals surface area contributed by atoms with E-state index in [0.717, 1.165) is 0 Å². The van der Waals surface area contributed by atoms with E-state index in [1.165, 1.54) is 37.4 Å². The highest BCUT2D eigenvalue weighted by Crippen LogP contribution is 2.25. The number of ether oxygens (including phenoxy) is 1. The summed E-state index contributed by atoms with van der Waals surface area (Å²) in [5.41, 5.74) is 0.208. The summed E-state index contributed by atoms with van der Waals surface area (Å²) in [4.78, 5) is 11.2. The lowest BCUT2D eigenvalue weighted by molar-refractivity contribution is 0.112. The van der Waals surface area contributed by atoms with Crippen molar-refractivity contribution in [2.24, 2.45) is 0 Å². The van der Waals surface area contributed by atoms with Crippen LogP contribution in [0.2, 0.25) is 0 Å². The molecule has 0 bridgehead atoms. The average molecular weight is 276 g/mol. The molecule has 0 aliphatic heterocycles. The number of hydrogen-bond acceptors (Lipinski definition) is 4. The fourth-order valence-corrected chi connectivity index (χ4v) is 3.02. The van der Waals surface area contributed by atoms with Crippen LogP contribution in [-0.4, -0.2) is 21.8 Å². The van der Waals surface area contributed by atoms with Gasteiger partial charge in [-0.25, -0.2) is 8.42 Å². The molecule has 98 valence electrons. The molecule has 0 N–H and O–H groups in total. The molecule has 0 atom stereocenters. The quantitative estimate of drug-likeness (QED) is 0.804. The van der Waals surface area contributed by atoms with Crippen LogP contribution >= 0.6 is 0 Å². The lowest BCUT2D eigenvalue weighted by atomic mass is 10.2. The summed E-state index contributed by atoms with van der Waals surface area (Å²) in [5.74, 6) is 0.349. The van der Waals surface area contributed by atoms with Gasteiger partial charge < -0.3 is 4.74 Å². The lowest BCUT2D eigenvalue weighted by Crippen LogP contribution is -2.03. The summed E-state index contributed by atoms with van der Waals surface area (Å²) in [7, 11) is -2.19. The summed E-state index contributed by atoms with van der Waals surface area (Å²) >= 11 is 0. The lowest BCUT2D eigenvalue weighted by Gasteiger charge is -2.07. The maximum Gasteiger partial charge on any atom is 0.206 e. The molecule has 0 aliphatic carbocycles. The molecule has 0 radical (unpaired) electrons. The molecule has 0 heterocycles. The van der Waals surface area contributed by atoms with Gasteiger partial charge in [0.05, 0.1) is 22.5 Å². The van der Waals surface area contributed by atoms with Crippen LogP contribution in [-0.2, 0) is 9.84 Å². The first kappa shape index (κ1) is 13.3. The van der Waals surface area contributed by atoms with Gasteiger partial charge in [-0.05, 0) is 30.3 Å². The van der Waals surface area contributed by atoms with Crippen molar-refractivity contribution in [3.8, 4) is 5.75 Å². The molecule has 0 unspecified atom stereocenters. The first-order valence-electron chi connectivity index (χ1n) is 5.53. The molecule has 0 aliphatic rings. The van der Waals surface area contributed by atoms with Crippen LogP contribution in [0.3, 0.4) is 0 Å². The van der Waals surface area contributed by atoms with Gasteiger partial charge in [0.15, 0.2) is 6.29 Å². The second kappa shape index (κ2) is 5.24. The summed E-state index contributed by atoms with van der Waals surface area (Å²) in [6.07, 6.45) is 0.572. The normalized spacial score (nSPS) is 11.0. The smallest absolute Gasteiger partial charge is 0.206 e. The van der Waals surface area contributed by atoms with E-state index in [1.54, 1.807) is 18.2 Å². The van der Waals surface area contributed by atoms with E-state index in [4.69, 9.17) is 4.74 Å². The van der Waals surface area contributed by atoms with Crippen molar-refractivity contribution in [1.82, 2.24) is 0 Å². The van der Waals surface area contributed by atoms with Crippen molar-refractivity contribution in [3.05, 3.63) is 54.1 Å². The highest BCUT2D eigenvalue weighted by atomic mass is 32.2. The van der Waals surface area contributed by atoms with Gasteiger partial charge in [0.25, 0.3) is 0 Å². The first-order chi connectivity index (χ1) is 9.09. The Labute approximate surface area is 111 Å². The van der Waals surface area contributed by atoms with Crippen LogP contribution < -0.4 is 4.74 Å². The Bertz CT molecular complexity index is 691. The van der Waals surface area contributed by atoms with E-state index >= 15 is 0 Å². The van der Waals surface area contributed by atoms with Crippen LogP contribution in [0.1, 0.15) is 10.4 Å². The zero-order chi connectivity index (χ0) is 13.9. The molecule has 2 aromatic carbocycles. The van der Waals surface area contributed by atoms with Gasteiger partial charge in [-0.15, -0.1) is 0 Å². The molecular formula is C14H12O4S. The predicted octanol–water partition coefficient (Wildman–Crippen LogP) is 2.34. The molecule has 0 fully saturated rings. The van der Waals surface area contributed by atoms with Gasteiger partial charge >= 0.3 is 0 Å². The minimum atomic E-state index is -3.61. The number of carbonyl (C=O) groups is 1. The van der Waals surface area contributed by atoms with Crippen molar-refractivity contribution in [1.29, 1.82) is 0 Å². The average Bonchev–Trinajstić information content (AvgIpc) is 2.47. The summed E-state index contributed by atoms with van der Waals surface area (Å²) in [5, 5.41) is 0. The fraction of sp³-hybridized carbons (Fsp3) is 0.0714. The number of sulfone groups is 1. The Hall–Kier alpha value is -2.14. The number of hydrogen-bond donors (Lipinski definition) is 0. The molecule has 0 saturated carbocycles. The summed E-state index contributed by atoms with van der Waals surface area (Å²) in [6, 6.07) is 12.3. The van der Waals surface area contributed by atoms with E-state index in [-0.39, 0.29) is 15.4 Å². The Kier molecular flexibility index (Phi) is 3.66. The van der Waals surface area contributed by atoms with E-state index in [2.05, 4.69) is 0 Å². The van der Waals surface area contributed by atoms with Gasteiger partial charge in [0.2, 0.25) is 9.84 Å². The van der Waals surface area contributed by atoms with Crippen LogP contribution in [0.25, 0.3) is 0 Å². The standard InChI is InChI=1S/C14H12O4S/c1-18-14-8-7-13(9-11(14)10-15)19(16,17)12-5-3-2-4-6-12/h2-10H,1H3. The van der Waals surface area contributed by atoms with Crippen LogP contribution in [0.5, 0.6) is 5.75 Å². The summed E-state index contributed by atoms with van der Waals surface area (Å²) < 4.78 is 29.7. The van der Waals surface area contributed by atoms with Crippen molar-refractivity contribution >= 4 is 16.1 Å². The molecule has 0 spiro atoms. The highest BCUT2D eigenvalue weighted by Gasteiger charge is 2.18. The fourth-order valence-electron chi connectivity index (χ4n) is 1.71. The molecule has 0 aromatic heterocycles. The van der Waals surface area contributed by atoms with E-state index in [9.17, 15) is 13.2 Å². The van der Waals surface area contributed by atoms with Gasteiger partial charge in [0.1, 0.15) is 5.75 Å². The monoisotopic (exact) mass is 276 g/mol. The third-order valence-electron chi connectivity index (χ3n) is 2.69. The zero-order valence-corrected chi connectivity index (χ0v) is 11.1. The maximum atomic E-state index is 12.3. The van der Waals surface area contributed by atoms with Gasteiger partial charge in [-0.2, -0.15) is 0 Å². The predicted molar refractivity (Wildman–Crippen MR) is 70.3 cm³/mol. The van der Waals surface area contributed by atoms with Gasteiger partial charge in [-0.1, -0.05) is 18.2 Å². The third kappa shape index (κ3) is 2.51. The van der Waals surface area contributed by atoms with E-state index in [0.29, 0.717) is 12.0 Å². The SMILES string of the molecule is COc1ccc(S(=O)(=O)c2ccccc2)cc1C=O. The first-order valence-corrected chi connectivity index (χ1v) is 7.01. The highest BCUT2D eigenvalue weighted by molar-refractivity contribution is 7.91. The van der Waals surface area contributed by atoms with Gasteiger partial charge in [0, 0.05) is 0 Å². The molecule has 4 nitrogen and oxygen atoms in total. The molecule has 2 rings (SSSR count). The number of carbonyl (C=O) groups excluding carboxylic acids is 1. The molecule has 0 amide bonds. The number of rotatable bonds is 4. The minimum Gasteiger partial charge on any atom is -0.496 e. The van der Waals surface area contributed by atoms with E-state index < -0.39 is 9.84 Å². The zero-order valence-electron chi connectivity index (χ0n) is 10.2. The van der Waals surface area contributed by atoms with Crippen LogP contribution in [0.15, 0.2) is 58.3 Å². The second-order valence-corrected chi connectivity index (χ2v) is 5.79. The Morgan fingerprint density at radius 3 is 2.26 bits per heavy atom. The third-order valence-corrected chi connectivity index (χ3v) is 4.46. The summed E-state index contributed by atoms with van der Waals surface area (Å²) in [6.45, 7) is 0. The molecular weight excluding hydrogens is 264 g/mol. The second-order valence-electron chi connectivity index (χ2n) is 3.84. The largest absolute Gasteiger partial charge is 0.496 e. The van der Waals surface area contributed by atoms with E-state index in [1.807, 2.05) is 0 Å². The molecule has 0 saturated heterocycles. The minimum absolute atomic E-state index is 0.0709. The van der Waals surface area contributed by atoms with Crippen molar-refractivity contribution in [2.75, 3.05) is 7.11 Å². The number of benzene rings is 2. The van der Waals surface area contributed by atoms with Gasteiger partial charge in [-0.3, -0.25) is 4.79 Å². The van der Waals surface area contributed by atoms with Crippen molar-refractivity contribution in [2.45, 2.75) is 9.79 Å². The molecule has 2 aromatic rings. The van der Waals surface area contributed by atoms with Crippen LogP contribution in [0.4, 0.5) is 0 Å². The topological polar surface area (TPSA) is 60.4 Å². The number of aldehydes is 1. The van der Waals surface area contributed by atoms with Crippen molar-refractivity contribution in [3.63, 3.8) is 0 Å². The van der Waals surface area contributed by atoms with Crippen LogP contribution in [0, 0.1) is 0 Å². The Morgan fingerprint density at radius 1 is 1.00 bits per heavy atom. The Morgan fingerprint density at radius 2 is 1.68 bits per heavy atom. The molecule has 19 heavy (non-hydrogen) atoms. The Balaban J connectivity index is 2.56. The molecule has 5 heteroatoms. The number of methoxy groups -OCH3 is 1. The van der Waals surface area contributed by atoms with Crippen molar-refractivity contribution < 1.29 is 17.9 Å². The maximum absolute atomic E-state index is 12.3.